The summed E-state index contributed by atoms with van der Waals surface area (Å²) in [4.78, 5) is 11.1. The summed E-state index contributed by atoms with van der Waals surface area (Å²) in [7, 11) is 1.65. The lowest BCUT2D eigenvalue weighted by molar-refractivity contribution is 0.161. The van der Waals surface area contributed by atoms with Gasteiger partial charge in [0.25, 0.3) is 0 Å². The number of hydrogen-bond acceptors (Lipinski definition) is 1. The number of rotatable bonds is 3. The Kier molecular flexibility index (Phi) is 3.04. The Morgan fingerprint density at radius 1 is 1.50 bits per heavy atom. The van der Waals surface area contributed by atoms with Crippen molar-refractivity contribution in [3.8, 4) is 0 Å². The van der Waals surface area contributed by atoms with Gasteiger partial charge in [0, 0.05) is 0 Å². The molecule has 0 radical (unpaired) electrons. The number of amides is 1. The SMILES string of the molecule is C=CC[N+](C)(C(=O)O)c1ccccc1. The standard InChI is InChI=1S/C11H13NO2/c1-3-9-12(2,11(13)14)10-7-5-4-6-8-10/h3-8H,1,9H2,2H3/p+1. The monoisotopic (exact) mass is 192 g/mol. The maximum atomic E-state index is 11.1. The Bertz CT molecular complexity index is 334. The molecule has 1 rings (SSSR count). The molecule has 0 heterocycles. The third kappa shape index (κ3) is 1.83. The van der Waals surface area contributed by atoms with Gasteiger partial charge in [-0.05, 0) is 18.2 Å². The Morgan fingerprint density at radius 3 is 2.50 bits per heavy atom. The molecule has 0 saturated heterocycles. The van der Waals surface area contributed by atoms with E-state index in [4.69, 9.17) is 5.11 Å². The minimum absolute atomic E-state index is 0.162. The summed E-state index contributed by atoms with van der Waals surface area (Å²) < 4.78 is -0.162. The van der Waals surface area contributed by atoms with Gasteiger partial charge in [0.05, 0.1) is 7.05 Å². The van der Waals surface area contributed by atoms with Gasteiger partial charge in [0.15, 0.2) is 0 Å². The van der Waals surface area contributed by atoms with Gasteiger partial charge in [-0.25, -0.2) is 0 Å². The van der Waals surface area contributed by atoms with E-state index in [2.05, 4.69) is 6.58 Å². The highest BCUT2D eigenvalue weighted by atomic mass is 16.4. The van der Waals surface area contributed by atoms with Crippen molar-refractivity contribution >= 4 is 11.8 Å². The summed E-state index contributed by atoms with van der Waals surface area (Å²) in [6, 6.07) is 9.13. The fourth-order valence-electron chi connectivity index (χ4n) is 1.31. The third-order valence-corrected chi connectivity index (χ3v) is 2.24. The van der Waals surface area contributed by atoms with Gasteiger partial charge in [-0.1, -0.05) is 24.8 Å². The molecule has 1 N–H and O–H groups in total. The van der Waals surface area contributed by atoms with E-state index in [1.54, 1.807) is 25.3 Å². The molecule has 0 spiro atoms. The Hall–Kier alpha value is -1.61. The first-order valence-corrected chi connectivity index (χ1v) is 4.37. The molecule has 0 bridgehead atoms. The average Bonchev–Trinajstić information content (AvgIpc) is 2.19. The van der Waals surface area contributed by atoms with E-state index in [0.29, 0.717) is 6.54 Å². The van der Waals surface area contributed by atoms with E-state index < -0.39 is 6.09 Å². The maximum absolute atomic E-state index is 11.1. The van der Waals surface area contributed by atoms with Crippen LogP contribution in [0.4, 0.5) is 10.5 Å². The van der Waals surface area contributed by atoms with Crippen molar-refractivity contribution in [3.05, 3.63) is 43.0 Å². The van der Waals surface area contributed by atoms with Crippen LogP contribution in [0.3, 0.4) is 0 Å². The van der Waals surface area contributed by atoms with Crippen molar-refractivity contribution in [1.82, 2.24) is 4.48 Å². The number of benzene rings is 1. The van der Waals surface area contributed by atoms with Gasteiger partial charge in [-0.15, -0.1) is 0 Å². The lowest BCUT2D eigenvalue weighted by Gasteiger charge is -2.25. The third-order valence-electron chi connectivity index (χ3n) is 2.24. The minimum atomic E-state index is -0.879. The highest BCUT2D eigenvalue weighted by Crippen LogP contribution is 2.20. The van der Waals surface area contributed by atoms with Crippen LogP contribution in [0.25, 0.3) is 0 Å². The summed E-state index contributed by atoms with van der Waals surface area (Å²) in [5.74, 6) is 0. The van der Waals surface area contributed by atoms with Crippen molar-refractivity contribution in [1.29, 1.82) is 0 Å². The van der Waals surface area contributed by atoms with Crippen LogP contribution >= 0.6 is 0 Å². The van der Waals surface area contributed by atoms with Gasteiger partial charge in [-0.3, -0.25) is 0 Å². The van der Waals surface area contributed by atoms with Crippen LogP contribution in [0, 0.1) is 0 Å². The number of likely N-dealkylation sites (N-methyl/N-ethyl adjacent to an activating group) is 1. The van der Waals surface area contributed by atoms with Crippen LogP contribution in [0.5, 0.6) is 0 Å². The first-order chi connectivity index (χ1) is 6.61. The molecule has 1 unspecified atom stereocenters. The van der Waals surface area contributed by atoms with E-state index in [9.17, 15) is 4.79 Å². The molecule has 3 nitrogen and oxygen atoms in total. The van der Waals surface area contributed by atoms with Crippen LogP contribution in [-0.4, -0.2) is 24.8 Å². The van der Waals surface area contributed by atoms with E-state index in [1.807, 2.05) is 18.2 Å². The first kappa shape index (κ1) is 10.5. The smallest absolute Gasteiger partial charge is 0.435 e. The molecule has 14 heavy (non-hydrogen) atoms. The average molecular weight is 192 g/mol. The predicted octanol–water partition coefficient (Wildman–Crippen LogP) is 2.49. The zero-order chi connectivity index (χ0) is 10.6. The summed E-state index contributed by atoms with van der Waals surface area (Å²) >= 11 is 0. The van der Waals surface area contributed by atoms with Crippen molar-refractivity contribution in [3.63, 3.8) is 0 Å². The number of carboxylic acid groups (broad SMARTS) is 1. The molecule has 74 valence electrons. The Balaban J connectivity index is 3.12. The molecule has 0 aliphatic carbocycles. The second-order valence-corrected chi connectivity index (χ2v) is 3.28. The second-order valence-electron chi connectivity index (χ2n) is 3.28. The quantitative estimate of drug-likeness (QED) is 0.590. The van der Waals surface area contributed by atoms with Crippen LogP contribution in [0.15, 0.2) is 43.0 Å². The maximum Gasteiger partial charge on any atom is 0.518 e. The predicted molar refractivity (Wildman–Crippen MR) is 57.2 cm³/mol. The van der Waals surface area contributed by atoms with Crippen LogP contribution < -0.4 is 4.48 Å². The van der Waals surface area contributed by atoms with Crippen molar-refractivity contribution in [2.24, 2.45) is 0 Å². The van der Waals surface area contributed by atoms with Crippen molar-refractivity contribution < 1.29 is 9.90 Å². The van der Waals surface area contributed by atoms with Crippen molar-refractivity contribution in [2.45, 2.75) is 0 Å². The minimum Gasteiger partial charge on any atom is -0.435 e. The largest absolute Gasteiger partial charge is 0.518 e. The highest BCUT2D eigenvalue weighted by molar-refractivity contribution is 5.80. The molecule has 1 amide bonds. The molecule has 1 aromatic rings. The van der Waals surface area contributed by atoms with Gasteiger partial charge in [0.1, 0.15) is 12.2 Å². The number of hydrogen-bond donors (Lipinski definition) is 1. The molecule has 1 aromatic carbocycles. The summed E-state index contributed by atoms with van der Waals surface area (Å²) in [6.07, 6.45) is 0.734. The molecule has 0 aliphatic rings. The van der Waals surface area contributed by atoms with Crippen LogP contribution in [0.1, 0.15) is 0 Å². The zero-order valence-electron chi connectivity index (χ0n) is 8.18. The van der Waals surface area contributed by atoms with E-state index in [0.717, 1.165) is 5.69 Å². The van der Waals surface area contributed by atoms with E-state index in [1.165, 1.54) is 0 Å². The summed E-state index contributed by atoms with van der Waals surface area (Å²) in [5.41, 5.74) is 0.750. The summed E-state index contributed by atoms with van der Waals surface area (Å²) in [6.45, 7) is 3.95. The molecular formula is C11H14NO2+. The van der Waals surface area contributed by atoms with Gasteiger partial charge in [-0.2, -0.15) is 9.28 Å². The fraction of sp³-hybridized carbons (Fsp3) is 0.182. The van der Waals surface area contributed by atoms with Gasteiger partial charge >= 0.3 is 6.09 Å². The Labute approximate surface area is 83.5 Å². The molecule has 0 saturated carbocycles. The van der Waals surface area contributed by atoms with E-state index >= 15 is 0 Å². The summed E-state index contributed by atoms with van der Waals surface area (Å²) in [5, 5.41) is 9.14. The Morgan fingerprint density at radius 2 is 2.07 bits per heavy atom. The number of nitrogens with zero attached hydrogens (tertiary/aromatic N) is 1. The van der Waals surface area contributed by atoms with Crippen molar-refractivity contribution in [2.75, 3.05) is 13.6 Å². The normalized spacial score (nSPS) is 14.4. The first-order valence-electron chi connectivity index (χ1n) is 4.37. The second kappa shape index (κ2) is 4.07. The van der Waals surface area contributed by atoms with E-state index in [-0.39, 0.29) is 4.48 Å². The molecule has 0 aliphatic heterocycles. The van der Waals surface area contributed by atoms with Crippen LogP contribution in [0.2, 0.25) is 0 Å². The fourth-order valence-corrected chi connectivity index (χ4v) is 1.31. The topological polar surface area (TPSA) is 37.3 Å². The number of carbonyl (C=O) groups is 1. The zero-order valence-corrected chi connectivity index (χ0v) is 8.18. The molecule has 0 fully saturated rings. The molecule has 1 atom stereocenters. The number of para-hydroxylation sites is 1. The lowest BCUT2D eigenvalue weighted by Crippen LogP contribution is -2.49. The van der Waals surface area contributed by atoms with Crippen LogP contribution in [-0.2, 0) is 0 Å². The molecule has 0 aromatic heterocycles. The number of quaternary nitrogens is 1. The molecule has 3 heteroatoms. The highest BCUT2D eigenvalue weighted by Gasteiger charge is 2.32. The lowest BCUT2D eigenvalue weighted by atomic mass is 10.2. The van der Waals surface area contributed by atoms with Gasteiger partial charge in [0.2, 0.25) is 0 Å². The van der Waals surface area contributed by atoms with Gasteiger partial charge < -0.3 is 5.11 Å². The molecular weight excluding hydrogens is 178 g/mol.